The monoisotopic (exact) mass is 258 g/mol. The van der Waals surface area contributed by atoms with Crippen molar-refractivity contribution in [1.82, 2.24) is 0 Å². The van der Waals surface area contributed by atoms with Gasteiger partial charge in [0.25, 0.3) is 0 Å². The number of ether oxygens (including phenoxy) is 1. The maximum atomic E-state index is 12.4. The van der Waals surface area contributed by atoms with Crippen LogP contribution in [0, 0.1) is 5.92 Å². The molecule has 0 N–H and O–H groups in total. The predicted octanol–water partition coefficient (Wildman–Crippen LogP) is 2.77. The van der Waals surface area contributed by atoms with Crippen LogP contribution in [-0.2, 0) is 16.0 Å². The fourth-order valence-corrected chi connectivity index (χ4v) is 2.21. The Labute approximate surface area is 103 Å². The predicted molar refractivity (Wildman–Crippen MR) is 59.1 cm³/mol. The van der Waals surface area contributed by atoms with Gasteiger partial charge in [0.2, 0.25) is 5.78 Å². The smallest absolute Gasteiger partial charge is 0.377 e. The van der Waals surface area contributed by atoms with Crippen LogP contribution in [0.3, 0.4) is 0 Å². The third-order valence-electron chi connectivity index (χ3n) is 3.11. The third kappa shape index (κ3) is 2.90. The average molecular weight is 258 g/mol. The molecule has 0 spiro atoms. The van der Waals surface area contributed by atoms with Gasteiger partial charge in [-0.1, -0.05) is 30.3 Å². The number of rotatable bonds is 3. The van der Waals surface area contributed by atoms with Gasteiger partial charge >= 0.3 is 6.18 Å². The lowest BCUT2D eigenvalue weighted by atomic mass is 9.91. The SMILES string of the molecule is O=C([C@@H]1CCO[C@H]1Cc1ccccc1)C(F)(F)F. The number of carbonyl (C=O) groups is 1. The fraction of sp³-hybridized carbons (Fsp3) is 0.462. The van der Waals surface area contributed by atoms with Crippen LogP contribution in [0.15, 0.2) is 30.3 Å². The number of alkyl halides is 3. The first kappa shape index (κ1) is 13.1. The first-order valence-electron chi connectivity index (χ1n) is 5.75. The van der Waals surface area contributed by atoms with Gasteiger partial charge in [0.1, 0.15) is 0 Å². The highest BCUT2D eigenvalue weighted by atomic mass is 19.4. The van der Waals surface area contributed by atoms with E-state index in [4.69, 9.17) is 4.74 Å². The van der Waals surface area contributed by atoms with Gasteiger partial charge in [-0.3, -0.25) is 4.79 Å². The van der Waals surface area contributed by atoms with Gasteiger partial charge in [-0.05, 0) is 18.4 Å². The molecule has 1 saturated heterocycles. The Morgan fingerprint density at radius 2 is 1.94 bits per heavy atom. The van der Waals surface area contributed by atoms with E-state index in [0.29, 0.717) is 6.42 Å². The largest absolute Gasteiger partial charge is 0.450 e. The first-order valence-corrected chi connectivity index (χ1v) is 5.75. The van der Waals surface area contributed by atoms with Crippen molar-refractivity contribution in [1.29, 1.82) is 0 Å². The lowest BCUT2D eigenvalue weighted by Crippen LogP contribution is -2.36. The van der Waals surface area contributed by atoms with Crippen molar-refractivity contribution in [2.45, 2.75) is 25.1 Å². The molecule has 1 aromatic carbocycles. The average Bonchev–Trinajstić information content (AvgIpc) is 2.76. The van der Waals surface area contributed by atoms with Gasteiger partial charge in [0.05, 0.1) is 12.0 Å². The van der Waals surface area contributed by atoms with Crippen LogP contribution in [0.4, 0.5) is 13.2 Å². The zero-order chi connectivity index (χ0) is 13.2. The quantitative estimate of drug-likeness (QED) is 0.833. The van der Waals surface area contributed by atoms with E-state index in [2.05, 4.69) is 0 Å². The van der Waals surface area contributed by atoms with Gasteiger partial charge < -0.3 is 4.74 Å². The van der Waals surface area contributed by atoms with Crippen molar-refractivity contribution in [3.63, 3.8) is 0 Å². The third-order valence-corrected chi connectivity index (χ3v) is 3.11. The molecule has 98 valence electrons. The van der Waals surface area contributed by atoms with E-state index < -0.39 is 24.0 Å². The molecule has 0 radical (unpaired) electrons. The van der Waals surface area contributed by atoms with Crippen LogP contribution in [-0.4, -0.2) is 24.7 Å². The van der Waals surface area contributed by atoms with Crippen molar-refractivity contribution >= 4 is 5.78 Å². The Bertz CT molecular complexity index is 414. The Balaban J connectivity index is 2.07. The van der Waals surface area contributed by atoms with Crippen molar-refractivity contribution < 1.29 is 22.7 Å². The fourth-order valence-electron chi connectivity index (χ4n) is 2.21. The minimum atomic E-state index is -4.77. The van der Waals surface area contributed by atoms with Gasteiger partial charge in [0.15, 0.2) is 0 Å². The summed E-state index contributed by atoms with van der Waals surface area (Å²) >= 11 is 0. The Morgan fingerprint density at radius 1 is 1.28 bits per heavy atom. The second-order valence-corrected chi connectivity index (χ2v) is 4.36. The highest BCUT2D eigenvalue weighted by Crippen LogP contribution is 2.31. The lowest BCUT2D eigenvalue weighted by Gasteiger charge is -2.18. The normalized spacial score (nSPS) is 24.2. The van der Waals surface area contributed by atoms with Gasteiger partial charge in [0, 0.05) is 6.61 Å². The second kappa shape index (κ2) is 5.10. The summed E-state index contributed by atoms with van der Waals surface area (Å²) < 4.78 is 42.5. The molecule has 2 atom stereocenters. The maximum absolute atomic E-state index is 12.4. The molecule has 5 heteroatoms. The number of halogens is 3. The summed E-state index contributed by atoms with van der Waals surface area (Å²) in [5.41, 5.74) is 0.879. The van der Waals surface area contributed by atoms with Crippen LogP contribution in [0.5, 0.6) is 0 Å². The summed E-state index contributed by atoms with van der Waals surface area (Å²) in [5, 5.41) is 0. The Morgan fingerprint density at radius 3 is 2.56 bits per heavy atom. The molecule has 18 heavy (non-hydrogen) atoms. The molecular weight excluding hydrogens is 245 g/mol. The molecule has 1 heterocycles. The van der Waals surface area contributed by atoms with Crippen molar-refractivity contribution in [3.8, 4) is 0 Å². The van der Waals surface area contributed by atoms with E-state index in [1.165, 1.54) is 0 Å². The first-order chi connectivity index (χ1) is 8.48. The van der Waals surface area contributed by atoms with E-state index in [-0.39, 0.29) is 13.0 Å². The summed E-state index contributed by atoms with van der Waals surface area (Å²) in [5.74, 6) is -2.73. The molecule has 0 unspecified atom stereocenters. The second-order valence-electron chi connectivity index (χ2n) is 4.36. The van der Waals surface area contributed by atoms with Crippen LogP contribution in [0.2, 0.25) is 0 Å². The van der Waals surface area contributed by atoms with E-state index in [0.717, 1.165) is 5.56 Å². The molecular formula is C13H13F3O2. The van der Waals surface area contributed by atoms with Crippen molar-refractivity contribution in [2.75, 3.05) is 6.61 Å². The summed E-state index contributed by atoms with van der Waals surface area (Å²) in [6, 6.07) is 9.08. The standard InChI is InChI=1S/C13H13F3O2/c14-13(15,16)12(17)10-6-7-18-11(10)8-9-4-2-1-3-5-9/h1-5,10-11H,6-8H2/t10-,11+/m1/s1. The topological polar surface area (TPSA) is 26.3 Å². The lowest BCUT2D eigenvalue weighted by molar-refractivity contribution is -0.177. The number of hydrogen-bond donors (Lipinski definition) is 0. The summed E-state index contributed by atoms with van der Waals surface area (Å²) in [7, 11) is 0. The zero-order valence-electron chi connectivity index (χ0n) is 9.61. The number of benzene rings is 1. The summed E-state index contributed by atoms with van der Waals surface area (Å²) in [6.45, 7) is 0.212. The van der Waals surface area contributed by atoms with Crippen LogP contribution < -0.4 is 0 Å². The molecule has 0 aromatic heterocycles. The van der Waals surface area contributed by atoms with E-state index in [9.17, 15) is 18.0 Å². The highest BCUT2D eigenvalue weighted by Gasteiger charge is 2.48. The molecule has 0 bridgehead atoms. The molecule has 0 saturated carbocycles. The van der Waals surface area contributed by atoms with Crippen LogP contribution in [0.1, 0.15) is 12.0 Å². The summed E-state index contributed by atoms with van der Waals surface area (Å²) in [4.78, 5) is 11.3. The minimum absolute atomic E-state index is 0.149. The Hall–Kier alpha value is -1.36. The van der Waals surface area contributed by atoms with Crippen LogP contribution in [0.25, 0.3) is 0 Å². The maximum Gasteiger partial charge on any atom is 0.450 e. The number of carbonyl (C=O) groups excluding carboxylic acids is 1. The van der Waals surface area contributed by atoms with Crippen molar-refractivity contribution in [2.24, 2.45) is 5.92 Å². The van der Waals surface area contributed by atoms with E-state index in [1.54, 1.807) is 0 Å². The number of ketones is 1. The Kier molecular flexibility index (Phi) is 3.71. The van der Waals surface area contributed by atoms with Gasteiger partial charge in [-0.2, -0.15) is 13.2 Å². The molecule has 0 aliphatic carbocycles. The molecule has 0 amide bonds. The number of hydrogen-bond acceptors (Lipinski definition) is 2. The zero-order valence-corrected chi connectivity index (χ0v) is 9.61. The minimum Gasteiger partial charge on any atom is -0.377 e. The highest BCUT2D eigenvalue weighted by molar-refractivity contribution is 5.87. The summed E-state index contributed by atoms with van der Waals surface area (Å²) in [6.07, 6.45) is -4.95. The van der Waals surface area contributed by atoms with E-state index >= 15 is 0 Å². The van der Waals surface area contributed by atoms with Gasteiger partial charge in [-0.25, -0.2) is 0 Å². The number of Topliss-reactive ketones (excluding diaryl/α,β-unsaturated/α-hetero) is 1. The van der Waals surface area contributed by atoms with E-state index in [1.807, 2.05) is 30.3 Å². The molecule has 2 nitrogen and oxygen atoms in total. The van der Waals surface area contributed by atoms with Crippen LogP contribution >= 0.6 is 0 Å². The molecule has 1 aliphatic heterocycles. The molecule has 2 rings (SSSR count). The molecule has 1 aromatic rings. The molecule has 1 aliphatic rings. The van der Waals surface area contributed by atoms with Gasteiger partial charge in [-0.15, -0.1) is 0 Å². The van der Waals surface area contributed by atoms with Crippen molar-refractivity contribution in [3.05, 3.63) is 35.9 Å². The molecule has 1 fully saturated rings.